The van der Waals surface area contributed by atoms with Gasteiger partial charge in [-0.15, -0.1) is 0 Å². The maximum atomic E-state index is 12.8. The molecule has 34 heavy (non-hydrogen) atoms. The Kier molecular flexibility index (Phi) is 6.11. The van der Waals surface area contributed by atoms with Crippen molar-refractivity contribution in [2.24, 2.45) is 0 Å². The van der Waals surface area contributed by atoms with Gasteiger partial charge in [-0.25, -0.2) is 0 Å². The van der Waals surface area contributed by atoms with Crippen molar-refractivity contribution >= 4 is 29.3 Å². The Labute approximate surface area is 197 Å². The summed E-state index contributed by atoms with van der Waals surface area (Å²) in [6.45, 7) is 5.55. The van der Waals surface area contributed by atoms with Crippen LogP contribution in [-0.2, 0) is 9.59 Å². The highest BCUT2D eigenvalue weighted by atomic mass is 16.5. The van der Waals surface area contributed by atoms with E-state index in [9.17, 15) is 14.9 Å². The van der Waals surface area contributed by atoms with Crippen LogP contribution in [0.4, 0.5) is 11.4 Å². The number of nitrogens with zero attached hydrogens (tertiary/aromatic N) is 2. The van der Waals surface area contributed by atoms with E-state index in [0.29, 0.717) is 17.1 Å². The number of nitrogens with one attached hydrogen (secondary N) is 2. The molecule has 0 fully saturated rings. The minimum atomic E-state index is -0.585. The number of amides is 2. The van der Waals surface area contributed by atoms with Gasteiger partial charge in [0.2, 0.25) is 0 Å². The van der Waals surface area contributed by atoms with E-state index in [1.165, 1.54) is 0 Å². The van der Waals surface area contributed by atoms with Gasteiger partial charge < -0.3 is 24.7 Å². The molecule has 0 saturated heterocycles. The highest BCUT2D eigenvalue weighted by Gasteiger charge is 2.24. The molecule has 0 bridgehead atoms. The molecular formula is C26H24N4O4. The van der Waals surface area contributed by atoms with Gasteiger partial charge >= 0.3 is 0 Å². The van der Waals surface area contributed by atoms with Crippen LogP contribution in [0.2, 0.25) is 0 Å². The number of ether oxygens (including phenoxy) is 2. The topological polar surface area (TPSA) is 105 Å². The fourth-order valence-electron chi connectivity index (χ4n) is 3.85. The Balaban J connectivity index is 1.58. The van der Waals surface area contributed by atoms with E-state index < -0.39 is 12.0 Å². The molecule has 2 heterocycles. The van der Waals surface area contributed by atoms with Gasteiger partial charge in [-0.3, -0.25) is 9.59 Å². The number of fused-ring (bicyclic) bond motifs is 1. The van der Waals surface area contributed by atoms with E-state index in [-0.39, 0.29) is 11.5 Å². The molecule has 2 N–H and O–H groups in total. The predicted molar refractivity (Wildman–Crippen MR) is 129 cm³/mol. The summed E-state index contributed by atoms with van der Waals surface area (Å²) < 4.78 is 12.8. The zero-order valence-electron chi connectivity index (χ0n) is 19.3. The largest absolute Gasteiger partial charge is 0.497 e. The van der Waals surface area contributed by atoms with E-state index in [0.717, 1.165) is 28.4 Å². The fraction of sp³-hybridized carbons (Fsp3) is 0.192. The number of aryl methyl sites for hydroxylation is 1. The minimum Gasteiger partial charge on any atom is -0.497 e. The zero-order chi connectivity index (χ0) is 24.4. The molecule has 8 heteroatoms. The molecular weight excluding hydrogens is 432 g/mol. The Morgan fingerprint density at radius 2 is 1.94 bits per heavy atom. The molecule has 0 saturated carbocycles. The predicted octanol–water partition coefficient (Wildman–Crippen LogP) is 4.37. The van der Waals surface area contributed by atoms with Crippen molar-refractivity contribution in [3.8, 4) is 23.3 Å². The third-order valence-corrected chi connectivity index (χ3v) is 5.63. The molecule has 2 amide bonds. The summed E-state index contributed by atoms with van der Waals surface area (Å²) in [4.78, 5) is 24.7. The molecule has 1 unspecified atom stereocenters. The number of methoxy groups -OCH3 is 1. The second-order valence-electron chi connectivity index (χ2n) is 7.94. The number of nitriles is 1. The average Bonchev–Trinajstić information content (AvgIpc) is 3.10. The summed E-state index contributed by atoms with van der Waals surface area (Å²) in [5.41, 5.74) is 4.43. The van der Waals surface area contributed by atoms with Gasteiger partial charge in [0.25, 0.3) is 11.8 Å². The van der Waals surface area contributed by atoms with Crippen LogP contribution in [0.25, 0.3) is 11.8 Å². The first-order valence-electron chi connectivity index (χ1n) is 10.7. The van der Waals surface area contributed by atoms with Crippen molar-refractivity contribution in [1.82, 2.24) is 4.57 Å². The molecule has 8 nitrogen and oxygen atoms in total. The highest BCUT2D eigenvalue weighted by molar-refractivity contribution is 6.10. The van der Waals surface area contributed by atoms with Crippen LogP contribution in [0.5, 0.6) is 11.5 Å². The van der Waals surface area contributed by atoms with Crippen molar-refractivity contribution in [1.29, 1.82) is 5.26 Å². The van der Waals surface area contributed by atoms with E-state index in [4.69, 9.17) is 9.47 Å². The smallest absolute Gasteiger partial charge is 0.266 e. The molecule has 0 radical (unpaired) electrons. The zero-order valence-corrected chi connectivity index (χ0v) is 19.3. The summed E-state index contributed by atoms with van der Waals surface area (Å²) in [7, 11) is 1.62. The summed E-state index contributed by atoms with van der Waals surface area (Å²) in [5.74, 6) is 0.471. The van der Waals surface area contributed by atoms with Gasteiger partial charge in [0.05, 0.1) is 12.8 Å². The van der Waals surface area contributed by atoms with Crippen LogP contribution in [0.3, 0.4) is 0 Å². The lowest BCUT2D eigenvalue weighted by molar-refractivity contribution is -0.122. The first-order valence-corrected chi connectivity index (χ1v) is 10.7. The minimum absolute atomic E-state index is 0.0402. The number of hydrogen-bond acceptors (Lipinski definition) is 5. The summed E-state index contributed by atoms with van der Waals surface area (Å²) >= 11 is 0. The number of hydrogen-bond donors (Lipinski definition) is 2. The molecule has 1 aliphatic heterocycles. The Morgan fingerprint density at radius 3 is 2.62 bits per heavy atom. The monoisotopic (exact) mass is 456 g/mol. The molecule has 172 valence electrons. The van der Waals surface area contributed by atoms with Crippen LogP contribution < -0.4 is 20.1 Å². The lowest BCUT2D eigenvalue weighted by Crippen LogP contribution is -2.34. The van der Waals surface area contributed by atoms with Crippen molar-refractivity contribution in [3.63, 3.8) is 0 Å². The van der Waals surface area contributed by atoms with Crippen LogP contribution in [-0.4, -0.2) is 29.6 Å². The SMILES string of the molecule is COc1ccc(-n2c(C)cc(/C=C(\C#N)C(=O)Nc3ccc4c(c3)NC(=O)C(C)O4)c2C)cc1. The fourth-order valence-corrected chi connectivity index (χ4v) is 3.85. The van der Waals surface area contributed by atoms with Crippen LogP contribution in [0.1, 0.15) is 23.9 Å². The molecule has 4 rings (SSSR count). The standard InChI is InChI=1S/C26H24N4O4/c1-15-11-18(16(2)30(15)21-6-8-22(33-4)9-7-21)12-19(14-27)26(32)28-20-5-10-24-23(13-20)29-25(31)17(3)34-24/h5-13,17H,1-4H3,(H,28,32)(H,29,31)/b19-12+. The van der Waals surface area contributed by atoms with E-state index in [2.05, 4.69) is 10.6 Å². The second-order valence-corrected chi connectivity index (χ2v) is 7.94. The van der Waals surface area contributed by atoms with Gasteiger partial charge in [0.1, 0.15) is 23.1 Å². The van der Waals surface area contributed by atoms with Gasteiger partial charge in [0, 0.05) is 22.8 Å². The number of anilines is 2. The number of rotatable bonds is 5. The molecule has 1 aromatic heterocycles. The molecule has 3 aromatic rings. The second kappa shape index (κ2) is 9.16. The van der Waals surface area contributed by atoms with E-state index in [1.54, 1.807) is 38.3 Å². The lowest BCUT2D eigenvalue weighted by atomic mass is 10.1. The van der Waals surface area contributed by atoms with Crippen molar-refractivity contribution in [2.75, 3.05) is 17.7 Å². The maximum absolute atomic E-state index is 12.8. The van der Waals surface area contributed by atoms with E-state index >= 15 is 0 Å². The first-order chi connectivity index (χ1) is 16.3. The van der Waals surface area contributed by atoms with Gasteiger partial charge in [-0.1, -0.05) is 0 Å². The highest BCUT2D eigenvalue weighted by Crippen LogP contribution is 2.32. The molecule has 0 aliphatic carbocycles. The number of carbonyl (C=O) groups is 2. The Bertz CT molecular complexity index is 1350. The van der Waals surface area contributed by atoms with Gasteiger partial charge in [-0.2, -0.15) is 5.26 Å². The number of benzene rings is 2. The summed E-state index contributed by atoms with van der Waals surface area (Å²) in [6, 6.07) is 16.5. The molecule has 0 spiro atoms. The summed E-state index contributed by atoms with van der Waals surface area (Å²) in [6.07, 6.45) is 0.987. The lowest BCUT2D eigenvalue weighted by Gasteiger charge is -2.23. The van der Waals surface area contributed by atoms with Gasteiger partial charge in [-0.05, 0) is 80.9 Å². The summed E-state index contributed by atoms with van der Waals surface area (Å²) in [5, 5.41) is 15.1. The van der Waals surface area contributed by atoms with Crippen LogP contribution in [0, 0.1) is 25.2 Å². The normalized spacial score (nSPS) is 15.0. The van der Waals surface area contributed by atoms with Crippen molar-refractivity contribution < 1.29 is 19.1 Å². The van der Waals surface area contributed by atoms with Crippen LogP contribution >= 0.6 is 0 Å². The quantitative estimate of drug-likeness (QED) is 0.438. The number of aromatic nitrogens is 1. The van der Waals surface area contributed by atoms with Crippen LogP contribution in [0.15, 0.2) is 54.1 Å². The number of carbonyl (C=O) groups excluding carboxylic acids is 2. The van der Waals surface area contributed by atoms with Crippen molar-refractivity contribution in [2.45, 2.75) is 26.9 Å². The molecule has 2 aromatic carbocycles. The molecule has 1 aliphatic rings. The third kappa shape index (κ3) is 4.36. The van der Waals surface area contributed by atoms with E-state index in [1.807, 2.05) is 54.8 Å². The van der Waals surface area contributed by atoms with Crippen molar-refractivity contribution in [3.05, 3.63) is 71.1 Å². The Morgan fingerprint density at radius 1 is 1.21 bits per heavy atom. The average molecular weight is 457 g/mol. The van der Waals surface area contributed by atoms with Gasteiger partial charge in [0.15, 0.2) is 6.10 Å². The maximum Gasteiger partial charge on any atom is 0.266 e. The third-order valence-electron chi connectivity index (χ3n) is 5.63. The Hall–Kier alpha value is -4.51. The first kappa shape index (κ1) is 22.7. The molecule has 1 atom stereocenters.